The summed E-state index contributed by atoms with van der Waals surface area (Å²) in [7, 11) is 0. The van der Waals surface area contributed by atoms with Crippen LogP contribution in [0.4, 0.5) is 0 Å². The first-order valence-electron chi connectivity index (χ1n) is 9.67. The van der Waals surface area contributed by atoms with E-state index in [4.69, 9.17) is 5.10 Å². The maximum absolute atomic E-state index is 13.3. The van der Waals surface area contributed by atoms with Gasteiger partial charge in [0.25, 0.3) is 0 Å². The monoisotopic (exact) mass is 392 g/mol. The Morgan fingerprint density at radius 1 is 1.37 bits per heavy atom. The van der Waals surface area contributed by atoms with Crippen LogP contribution < -0.4 is 10.6 Å². The van der Waals surface area contributed by atoms with Crippen LogP contribution in [0, 0.1) is 0 Å². The predicted molar refractivity (Wildman–Crippen MR) is 106 cm³/mol. The van der Waals surface area contributed by atoms with Crippen molar-refractivity contribution in [1.29, 1.82) is 0 Å². The molecule has 0 aromatic carbocycles. The summed E-state index contributed by atoms with van der Waals surface area (Å²) in [6.07, 6.45) is 10.1. The number of nitrogens with zero attached hydrogens (tertiary/aromatic N) is 4. The van der Waals surface area contributed by atoms with E-state index in [1.807, 2.05) is 21.6 Å². The highest BCUT2D eigenvalue weighted by molar-refractivity contribution is 5.85. The molecule has 3 heterocycles. The summed E-state index contributed by atoms with van der Waals surface area (Å²) in [5.74, 6) is 0.0967. The maximum atomic E-state index is 13.3. The zero-order valence-corrected chi connectivity index (χ0v) is 16.8. The van der Waals surface area contributed by atoms with Crippen molar-refractivity contribution in [3.63, 3.8) is 0 Å². The van der Waals surface area contributed by atoms with Gasteiger partial charge in [-0.05, 0) is 64.3 Å². The van der Waals surface area contributed by atoms with Gasteiger partial charge < -0.3 is 10.6 Å². The van der Waals surface area contributed by atoms with Gasteiger partial charge in [-0.3, -0.25) is 14.2 Å². The number of hydrogen-bond donors (Lipinski definition) is 2. The third-order valence-corrected chi connectivity index (χ3v) is 5.76. The summed E-state index contributed by atoms with van der Waals surface area (Å²) in [4.78, 5) is 13.3. The Kier molecular flexibility index (Phi) is 5.91. The van der Waals surface area contributed by atoms with E-state index in [0.29, 0.717) is 6.04 Å². The minimum absolute atomic E-state index is 0. The molecule has 2 N–H and O–H groups in total. The molecule has 2 aromatic heterocycles. The van der Waals surface area contributed by atoms with Gasteiger partial charge in [0.05, 0.1) is 5.69 Å². The van der Waals surface area contributed by atoms with Crippen LogP contribution in [0.2, 0.25) is 0 Å². The summed E-state index contributed by atoms with van der Waals surface area (Å²) < 4.78 is 3.89. The third-order valence-electron chi connectivity index (χ3n) is 5.76. The number of aryl methyl sites for hydroxylation is 1. The topological polar surface area (TPSA) is 76.8 Å². The van der Waals surface area contributed by atoms with Gasteiger partial charge in [0, 0.05) is 37.1 Å². The molecule has 8 heteroatoms. The lowest BCUT2D eigenvalue weighted by atomic mass is 9.86. The van der Waals surface area contributed by atoms with E-state index in [2.05, 4.69) is 35.8 Å². The minimum atomic E-state index is -0.577. The molecular weight excluding hydrogens is 364 g/mol. The van der Waals surface area contributed by atoms with Crippen molar-refractivity contribution in [2.24, 2.45) is 0 Å². The number of aromatic nitrogens is 4. The van der Waals surface area contributed by atoms with Crippen LogP contribution in [-0.2, 0) is 23.2 Å². The lowest BCUT2D eigenvalue weighted by molar-refractivity contribution is -0.132. The molecule has 0 bridgehead atoms. The molecule has 1 atom stereocenters. The normalized spacial score (nSPS) is 21.4. The second-order valence-electron chi connectivity index (χ2n) is 7.82. The highest BCUT2D eigenvalue weighted by Crippen LogP contribution is 2.28. The lowest BCUT2D eigenvalue weighted by Crippen LogP contribution is -2.57. The Bertz CT molecular complexity index is 763. The molecule has 1 saturated heterocycles. The molecule has 0 radical (unpaired) electrons. The molecule has 1 fully saturated rings. The fourth-order valence-electron chi connectivity index (χ4n) is 4.14. The molecule has 2 aliphatic rings. The smallest absolute Gasteiger partial charge is 0.248 e. The fourth-order valence-corrected chi connectivity index (χ4v) is 4.14. The molecule has 1 aliphatic carbocycles. The van der Waals surface area contributed by atoms with E-state index in [1.165, 1.54) is 5.56 Å². The van der Waals surface area contributed by atoms with Crippen LogP contribution in [0.15, 0.2) is 24.7 Å². The van der Waals surface area contributed by atoms with E-state index in [1.54, 1.807) is 6.20 Å². The van der Waals surface area contributed by atoms with Crippen LogP contribution in [0.25, 0.3) is 0 Å². The number of carbonyl (C=O) groups excluding carboxylic acids is 1. The summed E-state index contributed by atoms with van der Waals surface area (Å²) in [6, 6.07) is 2.40. The maximum Gasteiger partial charge on any atom is 0.248 e. The zero-order valence-electron chi connectivity index (χ0n) is 16.0. The molecule has 148 valence electrons. The van der Waals surface area contributed by atoms with Crippen LogP contribution in [0.3, 0.4) is 0 Å². The first-order chi connectivity index (χ1) is 12.6. The lowest BCUT2D eigenvalue weighted by Gasteiger charge is -2.38. The Labute approximate surface area is 166 Å². The van der Waals surface area contributed by atoms with E-state index in [9.17, 15) is 4.79 Å². The molecule has 1 amide bonds. The van der Waals surface area contributed by atoms with E-state index >= 15 is 0 Å². The first kappa shape index (κ1) is 19.9. The van der Waals surface area contributed by atoms with Crippen LogP contribution in [-0.4, -0.2) is 44.6 Å². The molecule has 7 nitrogen and oxygen atoms in total. The second-order valence-corrected chi connectivity index (χ2v) is 7.82. The van der Waals surface area contributed by atoms with Crippen LogP contribution in [0.5, 0.6) is 0 Å². The SMILES string of the molecule is CC(C)n1cc2c(n1)CC(NC(=O)C1(n3cccn3)CCNCC1)CC2.Cl. The molecule has 27 heavy (non-hydrogen) atoms. The van der Waals surface area contributed by atoms with E-state index < -0.39 is 5.54 Å². The van der Waals surface area contributed by atoms with Crippen molar-refractivity contribution in [3.8, 4) is 0 Å². The number of fused-ring (bicyclic) bond motifs is 1. The fraction of sp³-hybridized carbons (Fsp3) is 0.632. The predicted octanol–water partition coefficient (Wildman–Crippen LogP) is 1.83. The number of amides is 1. The first-order valence-corrected chi connectivity index (χ1v) is 9.67. The summed E-state index contributed by atoms with van der Waals surface area (Å²) in [6.45, 7) is 5.95. The van der Waals surface area contributed by atoms with Gasteiger partial charge in [0.1, 0.15) is 5.54 Å². The Morgan fingerprint density at radius 3 is 2.81 bits per heavy atom. The standard InChI is InChI=1S/C19H28N6O.ClH/c1-14(2)24-13-15-4-5-16(12-17(15)23-24)22-18(26)19(6-9-20-10-7-19)25-11-3-8-21-25;/h3,8,11,13-14,16,20H,4-7,9-10,12H2,1-2H3,(H,22,26);1H. The van der Waals surface area contributed by atoms with Crippen molar-refractivity contribution >= 4 is 18.3 Å². The van der Waals surface area contributed by atoms with Crippen molar-refractivity contribution < 1.29 is 4.79 Å². The molecule has 0 spiro atoms. The Balaban J connectivity index is 0.00000210. The largest absolute Gasteiger partial charge is 0.351 e. The molecule has 2 aromatic rings. The third kappa shape index (κ3) is 3.75. The number of hydrogen-bond acceptors (Lipinski definition) is 4. The Hall–Kier alpha value is -1.86. The summed E-state index contributed by atoms with van der Waals surface area (Å²) >= 11 is 0. The van der Waals surface area contributed by atoms with Gasteiger partial charge in [-0.2, -0.15) is 10.2 Å². The number of halogens is 1. The van der Waals surface area contributed by atoms with Crippen LogP contribution >= 0.6 is 12.4 Å². The van der Waals surface area contributed by atoms with Crippen molar-refractivity contribution in [2.45, 2.75) is 63.6 Å². The van der Waals surface area contributed by atoms with Gasteiger partial charge in [-0.25, -0.2) is 0 Å². The number of rotatable bonds is 4. The van der Waals surface area contributed by atoms with Crippen molar-refractivity contribution in [1.82, 2.24) is 30.2 Å². The van der Waals surface area contributed by atoms with Crippen LogP contribution in [0.1, 0.15) is 50.4 Å². The van der Waals surface area contributed by atoms with E-state index in [-0.39, 0.29) is 24.4 Å². The number of nitrogens with one attached hydrogen (secondary N) is 2. The van der Waals surface area contributed by atoms with Gasteiger partial charge in [-0.1, -0.05) is 0 Å². The van der Waals surface area contributed by atoms with Crippen molar-refractivity contribution in [2.75, 3.05) is 13.1 Å². The quantitative estimate of drug-likeness (QED) is 0.832. The van der Waals surface area contributed by atoms with Gasteiger partial charge in [-0.15, -0.1) is 12.4 Å². The zero-order chi connectivity index (χ0) is 18.1. The molecule has 0 saturated carbocycles. The van der Waals surface area contributed by atoms with Gasteiger partial charge >= 0.3 is 0 Å². The number of carbonyl (C=O) groups is 1. The molecule has 4 rings (SSSR count). The second kappa shape index (κ2) is 8.02. The average Bonchev–Trinajstić information content (AvgIpc) is 3.32. The molecule has 1 unspecified atom stereocenters. The Morgan fingerprint density at radius 2 is 2.15 bits per heavy atom. The highest BCUT2D eigenvalue weighted by Gasteiger charge is 2.43. The molecular formula is C19H29ClN6O. The minimum Gasteiger partial charge on any atom is -0.351 e. The van der Waals surface area contributed by atoms with Crippen molar-refractivity contribution in [3.05, 3.63) is 35.9 Å². The summed E-state index contributed by atoms with van der Waals surface area (Å²) in [5, 5.41) is 15.8. The average molecular weight is 393 g/mol. The summed E-state index contributed by atoms with van der Waals surface area (Å²) in [5.41, 5.74) is 1.88. The highest BCUT2D eigenvalue weighted by atomic mass is 35.5. The number of piperidine rings is 1. The van der Waals surface area contributed by atoms with Gasteiger partial charge in [0.2, 0.25) is 5.91 Å². The van der Waals surface area contributed by atoms with Gasteiger partial charge in [0.15, 0.2) is 0 Å². The van der Waals surface area contributed by atoms with E-state index in [0.717, 1.165) is 50.9 Å². The molecule has 1 aliphatic heterocycles.